The zero-order chi connectivity index (χ0) is 13.0. The maximum atomic E-state index is 13.8. The summed E-state index contributed by atoms with van der Waals surface area (Å²) >= 11 is 0. The molecule has 4 bridgehead atoms. The molecule has 1 N–H and O–H groups in total. The summed E-state index contributed by atoms with van der Waals surface area (Å²) in [5.74, 6) is 1.50. The van der Waals surface area contributed by atoms with Gasteiger partial charge in [-0.3, -0.25) is 0 Å². The van der Waals surface area contributed by atoms with Crippen LogP contribution in [0.3, 0.4) is 0 Å². The van der Waals surface area contributed by atoms with Crippen molar-refractivity contribution in [2.75, 3.05) is 5.32 Å². The smallest absolute Gasteiger partial charge is 0.149 e. The third-order valence-corrected chi connectivity index (χ3v) is 5.37. The first-order valence-electron chi connectivity index (χ1n) is 7.35. The largest absolute Gasteiger partial charge is 0.377 e. The quantitative estimate of drug-likeness (QED) is 0.836. The third kappa shape index (κ3) is 1.94. The molecule has 19 heavy (non-hydrogen) atoms. The van der Waals surface area contributed by atoms with E-state index in [1.807, 2.05) is 0 Å². The van der Waals surface area contributed by atoms with Crippen molar-refractivity contribution in [2.24, 2.45) is 17.8 Å². The van der Waals surface area contributed by atoms with Crippen molar-refractivity contribution in [2.45, 2.75) is 44.1 Å². The molecule has 5 rings (SSSR count). The summed E-state index contributed by atoms with van der Waals surface area (Å²) in [6.45, 7) is 0. The van der Waals surface area contributed by atoms with Gasteiger partial charge in [0.25, 0.3) is 0 Å². The third-order valence-electron chi connectivity index (χ3n) is 5.37. The van der Waals surface area contributed by atoms with Crippen LogP contribution < -0.4 is 5.32 Å². The molecule has 0 aromatic heterocycles. The average molecular weight is 263 g/mol. The van der Waals surface area contributed by atoms with Crippen molar-refractivity contribution in [1.29, 1.82) is 0 Å². The molecule has 0 atom stereocenters. The van der Waals surface area contributed by atoms with Crippen LogP contribution in [0.1, 0.15) is 38.5 Å². The second kappa shape index (κ2) is 3.94. The standard InChI is InChI=1S/C16H19F2N/c17-13-1-2-15(14(18)6-13)19-16-7-10-3-11(8-16)5-12(4-10)9-16/h1-2,6,10-12,19H,3-5,7-9H2. The maximum absolute atomic E-state index is 13.8. The van der Waals surface area contributed by atoms with E-state index >= 15 is 0 Å². The number of nitrogens with one attached hydrogen (secondary N) is 1. The molecule has 1 aromatic rings. The molecule has 102 valence electrons. The molecule has 4 aliphatic rings. The number of rotatable bonds is 2. The highest BCUT2D eigenvalue weighted by atomic mass is 19.1. The molecular formula is C16H19F2N. The number of anilines is 1. The molecule has 3 heteroatoms. The molecule has 0 heterocycles. The Kier molecular flexibility index (Phi) is 2.42. The molecule has 0 saturated heterocycles. The van der Waals surface area contributed by atoms with Crippen molar-refractivity contribution in [3.05, 3.63) is 29.8 Å². The van der Waals surface area contributed by atoms with Gasteiger partial charge >= 0.3 is 0 Å². The van der Waals surface area contributed by atoms with E-state index in [1.54, 1.807) is 6.07 Å². The molecule has 0 radical (unpaired) electrons. The minimum Gasteiger partial charge on any atom is -0.377 e. The lowest BCUT2D eigenvalue weighted by Crippen LogP contribution is -2.54. The van der Waals surface area contributed by atoms with Crippen molar-refractivity contribution in [3.8, 4) is 0 Å². The molecule has 0 amide bonds. The number of halogens is 2. The van der Waals surface area contributed by atoms with Gasteiger partial charge in [-0.2, -0.15) is 0 Å². The normalized spacial score (nSPS) is 39.6. The fraction of sp³-hybridized carbons (Fsp3) is 0.625. The van der Waals surface area contributed by atoms with E-state index in [4.69, 9.17) is 0 Å². The summed E-state index contributed by atoms with van der Waals surface area (Å²) in [6.07, 6.45) is 7.59. The van der Waals surface area contributed by atoms with Gasteiger partial charge in [0, 0.05) is 11.6 Å². The Hall–Kier alpha value is -1.12. The average Bonchev–Trinajstić information content (AvgIpc) is 2.31. The topological polar surface area (TPSA) is 12.0 Å². The van der Waals surface area contributed by atoms with Crippen LogP contribution in [0, 0.1) is 29.4 Å². The van der Waals surface area contributed by atoms with Gasteiger partial charge in [-0.25, -0.2) is 8.78 Å². The fourth-order valence-electron chi connectivity index (χ4n) is 5.14. The van der Waals surface area contributed by atoms with Crippen molar-refractivity contribution in [1.82, 2.24) is 0 Å². The predicted molar refractivity (Wildman–Crippen MR) is 70.9 cm³/mol. The minimum atomic E-state index is -0.506. The molecule has 0 spiro atoms. The molecule has 1 aromatic carbocycles. The lowest BCUT2D eigenvalue weighted by atomic mass is 9.53. The SMILES string of the molecule is Fc1ccc(NC23CC4CC(CC(C4)C2)C3)c(F)c1. The summed E-state index contributed by atoms with van der Waals surface area (Å²) in [6, 6.07) is 3.86. The van der Waals surface area contributed by atoms with E-state index in [2.05, 4.69) is 5.32 Å². The fourth-order valence-corrected chi connectivity index (χ4v) is 5.14. The maximum Gasteiger partial charge on any atom is 0.149 e. The summed E-state index contributed by atoms with van der Waals surface area (Å²) in [5, 5.41) is 3.44. The highest BCUT2D eigenvalue weighted by Crippen LogP contribution is 2.56. The van der Waals surface area contributed by atoms with Crippen LogP contribution in [0.5, 0.6) is 0 Å². The summed E-state index contributed by atoms with van der Waals surface area (Å²) in [4.78, 5) is 0. The van der Waals surface area contributed by atoms with Crippen LogP contribution in [-0.4, -0.2) is 5.54 Å². The number of benzene rings is 1. The molecular weight excluding hydrogens is 244 g/mol. The monoisotopic (exact) mass is 263 g/mol. The zero-order valence-electron chi connectivity index (χ0n) is 11.0. The van der Waals surface area contributed by atoms with Crippen LogP contribution in [0.4, 0.5) is 14.5 Å². The molecule has 4 fully saturated rings. The van der Waals surface area contributed by atoms with Gasteiger partial charge in [0.2, 0.25) is 0 Å². The number of hydrogen-bond acceptors (Lipinski definition) is 1. The summed E-state index contributed by atoms with van der Waals surface area (Å²) in [7, 11) is 0. The minimum absolute atomic E-state index is 0.0768. The van der Waals surface area contributed by atoms with Crippen LogP contribution in [-0.2, 0) is 0 Å². The number of hydrogen-bond donors (Lipinski definition) is 1. The van der Waals surface area contributed by atoms with Crippen molar-refractivity contribution < 1.29 is 8.78 Å². The predicted octanol–water partition coefficient (Wildman–Crippen LogP) is 4.35. The first kappa shape index (κ1) is 11.7. The lowest BCUT2D eigenvalue weighted by Gasteiger charge is -2.57. The van der Waals surface area contributed by atoms with Gasteiger partial charge in [0.05, 0.1) is 5.69 Å². The molecule has 0 aliphatic heterocycles. The van der Waals surface area contributed by atoms with E-state index in [-0.39, 0.29) is 5.54 Å². The van der Waals surface area contributed by atoms with Gasteiger partial charge in [0.1, 0.15) is 11.6 Å². The highest BCUT2D eigenvalue weighted by Gasteiger charge is 2.51. The Morgan fingerprint density at radius 1 is 0.947 bits per heavy atom. The Bertz CT molecular complexity index is 476. The molecule has 1 nitrogen and oxygen atoms in total. The zero-order valence-corrected chi connectivity index (χ0v) is 11.0. The van der Waals surface area contributed by atoms with Crippen LogP contribution in [0.25, 0.3) is 0 Å². The Balaban J connectivity index is 1.62. The van der Waals surface area contributed by atoms with Gasteiger partial charge in [-0.1, -0.05) is 0 Å². The van der Waals surface area contributed by atoms with Gasteiger partial charge in [-0.15, -0.1) is 0 Å². The van der Waals surface area contributed by atoms with E-state index in [0.717, 1.165) is 43.1 Å². The van der Waals surface area contributed by atoms with Gasteiger partial charge < -0.3 is 5.32 Å². The van der Waals surface area contributed by atoms with E-state index in [1.165, 1.54) is 25.3 Å². The van der Waals surface area contributed by atoms with E-state index in [0.29, 0.717) is 5.69 Å². The van der Waals surface area contributed by atoms with E-state index in [9.17, 15) is 8.78 Å². The first-order chi connectivity index (χ1) is 9.12. The van der Waals surface area contributed by atoms with Gasteiger partial charge in [-0.05, 0) is 68.4 Å². The molecule has 4 saturated carbocycles. The Labute approximate surface area is 112 Å². The second-order valence-corrected chi connectivity index (χ2v) is 6.95. The summed E-state index contributed by atoms with van der Waals surface area (Å²) in [5.41, 5.74) is 0.552. The Morgan fingerprint density at radius 2 is 1.53 bits per heavy atom. The van der Waals surface area contributed by atoms with Crippen molar-refractivity contribution in [3.63, 3.8) is 0 Å². The Morgan fingerprint density at radius 3 is 2.05 bits per heavy atom. The van der Waals surface area contributed by atoms with Gasteiger partial charge in [0.15, 0.2) is 0 Å². The van der Waals surface area contributed by atoms with Crippen LogP contribution in [0.15, 0.2) is 18.2 Å². The second-order valence-electron chi connectivity index (χ2n) is 6.95. The summed E-state index contributed by atoms with van der Waals surface area (Å²) < 4.78 is 26.8. The highest BCUT2D eigenvalue weighted by molar-refractivity contribution is 5.47. The van der Waals surface area contributed by atoms with Crippen LogP contribution >= 0.6 is 0 Å². The molecule has 0 unspecified atom stereocenters. The lowest BCUT2D eigenvalue weighted by molar-refractivity contribution is 0.0105. The first-order valence-corrected chi connectivity index (χ1v) is 7.35. The molecule has 4 aliphatic carbocycles. The van der Waals surface area contributed by atoms with E-state index < -0.39 is 11.6 Å². The van der Waals surface area contributed by atoms with Crippen LogP contribution in [0.2, 0.25) is 0 Å². The van der Waals surface area contributed by atoms with Crippen molar-refractivity contribution >= 4 is 5.69 Å².